The van der Waals surface area contributed by atoms with Crippen molar-refractivity contribution >= 4 is 0 Å². The van der Waals surface area contributed by atoms with E-state index in [4.69, 9.17) is 25.4 Å². The summed E-state index contributed by atoms with van der Waals surface area (Å²) in [5, 5.41) is 3.59. The molecule has 0 bridgehead atoms. The van der Waals surface area contributed by atoms with Crippen molar-refractivity contribution in [3.8, 4) is 35.3 Å². The van der Waals surface area contributed by atoms with Crippen molar-refractivity contribution in [2.45, 2.75) is 79.6 Å². The minimum Gasteiger partial charge on any atom is -0.493 e. The number of nitrogens with one attached hydrogen (secondary N) is 1. The topological polar surface area (TPSA) is 49.0 Å². The summed E-state index contributed by atoms with van der Waals surface area (Å²) in [4.78, 5) is 0. The van der Waals surface area contributed by atoms with Crippen LogP contribution in [0.25, 0.3) is 0 Å². The van der Waals surface area contributed by atoms with Gasteiger partial charge in [-0.2, -0.15) is 0 Å². The lowest BCUT2D eigenvalue weighted by molar-refractivity contribution is 0.259. The van der Waals surface area contributed by atoms with Gasteiger partial charge in [0.05, 0.1) is 33.9 Å². The normalized spacial score (nSPS) is 12.8. The highest BCUT2D eigenvalue weighted by Crippen LogP contribution is 2.44. The van der Waals surface area contributed by atoms with E-state index in [0.717, 1.165) is 80.2 Å². The highest BCUT2D eigenvalue weighted by atomic mass is 16.5. The van der Waals surface area contributed by atoms with Gasteiger partial charge in [-0.1, -0.05) is 66.5 Å². The summed E-state index contributed by atoms with van der Waals surface area (Å²) in [6.07, 6.45) is 12.6. The van der Waals surface area contributed by atoms with Crippen molar-refractivity contribution < 1.29 is 20.4 Å². The quantitative estimate of drug-likeness (QED) is 0.161. The van der Waals surface area contributed by atoms with Gasteiger partial charge in [0.25, 0.3) is 0 Å². The number of unbranched alkanes of at least 4 members (excludes halogenated alkanes) is 1. The minimum absolute atomic E-state index is 0. The molecule has 0 saturated carbocycles. The molecule has 0 aliphatic heterocycles. The lowest BCUT2D eigenvalue weighted by atomic mass is 9.64. The molecular weight excluding hydrogens is 486 g/mol. The van der Waals surface area contributed by atoms with Crippen molar-refractivity contribution in [2.24, 2.45) is 11.8 Å². The van der Waals surface area contributed by atoms with Crippen molar-refractivity contribution in [2.75, 3.05) is 41.5 Å². The highest BCUT2D eigenvalue weighted by molar-refractivity contribution is 5.48. The third-order valence-corrected chi connectivity index (χ3v) is 7.27. The van der Waals surface area contributed by atoms with Crippen LogP contribution in [-0.4, -0.2) is 41.5 Å². The second-order valence-corrected chi connectivity index (χ2v) is 10.1. The van der Waals surface area contributed by atoms with Crippen LogP contribution in [0, 0.1) is 24.2 Å². The van der Waals surface area contributed by atoms with Gasteiger partial charge >= 0.3 is 0 Å². The van der Waals surface area contributed by atoms with Crippen molar-refractivity contribution in [1.82, 2.24) is 5.32 Å². The molecule has 2 unspecified atom stereocenters. The number of terminal acetylenes is 1. The lowest BCUT2D eigenvalue weighted by Crippen LogP contribution is -2.35. The third kappa shape index (κ3) is 9.69. The van der Waals surface area contributed by atoms with Gasteiger partial charge in [0.2, 0.25) is 0 Å². The van der Waals surface area contributed by atoms with Gasteiger partial charge < -0.3 is 24.3 Å². The summed E-state index contributed by atoms with van der Waals surface area (Å²) in [7, 11) is 6.67. The lowest BCUT2D eigenvalue weighted by Gasteiger charge is -2.39. The molecule has 5 heteroatoms. The number of ether oxygens (including phenoxy) is 4. The molecule has 0 fully saturated rings. The van der Waals surface area contributed by atoms with Crippen LogP contribution in [0.1, 0.15) is 80.3 Å². The molecule has 0 saturated heterocycles. The van der Waals surface area contributed by atoms with Crippen LogP contribution in [-0.2, 0) is 11.8 Å². The Morgan fingerprint density at radius 1 is 0.846 bits per heavy atom. The summed E-state index contributed by atoms with van der Waals surface area (Å²) < 4.78 is 21.8. The van der Waals surface area contributed by atoms with Gasteiger partial charge in [0.1, 0.15) is 0 Å². The fourth-order valence-corrected chi connectivity index (χ4v) is 5.37. The van der Waals surface area contributed by atoms with Gasteiger partial charge in [-0.25, -0.2) is 0 Å². The fourth-order valence-electron chi connectivity index (χ4n) is 5.37. The summed E-state index contributed by atoms with van der Waals surface area (Å²) in [5.74, 6) is 7.15. The summed E-state index contributed by atoms with van der Waals surface area (Å²) in [5.41, 5.74) is 2.06. The van der Waals surface area contributed by atoms with Gasteiger partial charge in [-0.05, 0) is 86.0 Å². The predicted molar refractivity (Wildman–Crippen MR) is 169 cm³/mol. The third-order valence-electron chi connectivity index (χ3n) is 7.27. The molecule has 222 valence electrons. The van der Waals surface area contributed by atoms with Gasteiger partial charge in [-0.15, -0.1) is 6.42 Å². The number of benzene rings is 2. The van der Waals surface area contributed by atoms with Crippen molar-refractivity contribution in [3.63, 3.8) is 0 Å². The average molecular weight is 544 g/mol. The van der Waals surface area contributed by atoms with Crippen LogP contribution in [0.3, 0.4) is 0 Å². The van der Waals surface area contributed by atoms with Crippen LogP contribution in [0.5, 0.6) is 23.0 Å². The predicted octanol–water partition coefficient (Wildman–Crippen LogP) is 8.19. The standard InChI is InChI=1S/C32H47NO4.2CH4.H2/c1-9-26(13-11-12-19-33-20-18-25-14-16-28(34-5)30(21-25)36-7)32(10-2,23-24(3)4)27-15-17-29(35-6)31(22-27)37-8;;;/h2,14-17,21-22,24,26,33H,9,11-13,18-20,23H2,1,3-8H3;2*1H4;1H. The molecule has 1 N–H and O–H groups in total. The van der Waals surface area contributed by atoms with Crippen LogP contribution >= 0.6 is 0 Å². The first-order valence-corrected chi connectivity index (χ1v) is 13.5. The SMILES string of the molecule is C.C.C#CC(CC(C)C)(c1ccc(OC)c(OC)c1)C(CC)CCCCNCCc1ccc(OC)c(OC)c1.[HH]. The molecule has 2 aromatic carbocycles. The van der Waals surface area contributed by atoms with Gasteiger partial charge in [0, 0.05) is 1.43 Å². The number of hydrogen-bond donors (Lipinski definition) is 1. The molecule has 39 heavy (non-hydrogen) atoms. The first-order valence-electron chi connectivity index (χ1n) is 13.5. The molecule has 2 atom stereocenters. The molecule has 0 aliphatic carbocycles. The summed E-state index contributed by atoms with van der Waals surface area (Å²) in [6, 6.07) is 12.3. The van der Waals surface area contributed by atoms with Crippen molar-refractivity contribution in [3.05, 3.63) is 47.5 Å². The summed E-state index contributed by atoms with van der Waals surface area (Å²) in [6.45, 7) is 8.69. The highest BCUT2D eigenvalue weighted by Gasteiger charge is 2.38. The Labute approximate surface area is 241 Å². The van der Waals surface area contributed by atoms with E-state index in [2.05, 4.69) is 56.3 Å². The Kier molecular flexibility index (Phi) is 17.1. The zero-order valence-electron chi connectivity index (χ0n) is 24.0. The van der Waals surface area contributed by atoms with Crippen LogP contribution < -0.4 is 24.3 Å². The Morgan fingerprint density at radius 3 is 1.97 bits per heavy atom. The van der Waals surface area contributed by atoms with Gasteiger partial charge in [0.15, 0.2) is 23.0 Å². The minimum atomic E-state index is -0.330. The van der Waals surface area contributed by atoms with E-state index in [1.807, 2.05) is 12.1 Å². The van der Waals surface area contributed by atoms with E-state index in [1.165, 1.54) is 5.56 Å². The number of hydrogen-bond acceptors (Lipinski definition) is 5. The smallest absolute Gasteiger partial charge is 0.161 e. The number of methoxy groups -OCH3 is 4. The molecule has 0 heterocycles. The Morgan fingerprint density at radius 2 is 1.44 bits per heavy atom. The maximum absolute atomic E-state index is 6.34. The molecule has 0 aromatic heterocycles. The molecular formula is C34H57NO4. The molecule has 0 aliphatic rings. The second-order valence-electron chi connectivity index (χ2n) is 10.1. The van der Waals surface area contributed by atoms with E-state index < -0.39 is 0 Å². The number of rotatable bonds is 17. The maximum atomic E-state index is 6.34. The molecule has 0 radical (unpaired) electrons. The van der Waals surface area contributed by atoms with Gasteiger partial charge in [-0.3, -0.25) is 0 Å². The zero-order valence-corrected chi connectivity index (χ0v) is 24.0. The molecule has 2 rings (SSSR count). The molecule has 5 nitrogen and oxygen atoms in total. The van der Waals surface area contributed by atoms with Crippen LogP contribution in [0.15, 0.2) is 36.4 Å². The Balaban J connectivity index is 0. The Hall–Kier alpha value is -2.84. The zero-order chi connectivity index (χ0) is 27.3. The second kappa shape index (κ2) is 18.4. The average Bonchev–Trinajstić information content (AvgIpc) is 2.92. The van der Waals surface area contributed by atoms with Crippen molar-refractivity contribution in [1.29, 1.82) is 0 Å². The first kappa shape index (κ1) is 36.2. The van der Waals surface area contributed by atoms with E-state index >= 15 is 0 Å². The van der Waals surface area contributed by atoms with E-state index in [-0.39, 0.29) is 21.7 Å². The van der Waals surface area contributed by atoms with E-state index in [1.54, 1.807) is 28.4 Å². The Bertz CT molecular complexity index is 1000. The fraction of sp³-hybridized carbons (Fsp3) is 0.588. The maximum Gasteiger partial charge on any atom is 0.161 e. The van der Waals surface area contributed by atoms with Crippen LogP contribution in [0.4, 0.5) is 0 Å². The molecule has 0 amide bonds. The van der Waals surface area contributed by atoms with E-state index in [9.17, 15) is 0 Å². The largest absolute Gasteiger partial charge is 0.493 e. The molecule has 0 spiro atoms. The first-order chi connectivity index (χ1) is 17.9. The van der Waals surface area contributed by atoms with Crippen LogP contribution in [0.2, 0.25) is 0 Å². The summed E-state index contributed by atoms with van der Waals surface area (Å²) >= 11 is 0. The van der Waals surface area contributed by atoms with E-state index in [0.29, 0.717) is 11.8 Å². The molecule has 2 aromatic rings. The monoisotopic (exact) mass is 543 g/mol.